The van der Waals surface area contributed by atoms with E-state index in [1.165, 1.54) is 14.2 Å². The molecule has 3 rings (SSSR count). The van der Waals surface area contributed by atoms with Crippen LogP contribution in [0.3, 0.4) is 0 Å². The van der Waals surface area contributed by atoms with Gasteiger partial charge in [0.05, 0.1) is 49.3 Å². The van der Waals surface area contributed by atoms with Crippen molar-refractivity contribution in [3.63, 3.8) is 0 Å². The average Bonchev–Trinajstić information content (AvgIpc) is 3.79. The van der Waals surface area contributed by atoms with Gasteiger partial charge in [0.1, 0.15) is 12.1 Å². The molecular weight excluding hydrogens is 702 g/mol. The van der Waals surface area contributed by atoms with Gasteiger partial charge in [0.15, 0.2) is 0 Å². The molecule has 2 heterocycles. The van der Waals surface area contributed by atoms with E-state index in [1.807, 2.05) is 77.8 Å². The minimum atomic E-state index is -0.892. The molecule has 2 aliphatic heterocycles. The number of esters is 1. The third-order valence-corrected chi connectivity index (χ3v) is 12.3. The van der Waals surface area contributed by atoms with Crippen molar-refractivity contribution in [1.29, 1.82) is 0 Å². The van der Waals surface area contributed by atoms with Gasteiger partial charge in [0, 0.05) is 34.2 Å². The minimum Gasteiger partial charge on any atom is -0.467 e. The second-order valence-corrected chi connectivity index (χ2v) is 16.4. The van der Waals surface area contributed by atoms with Crippen LogP contribution in [-0.4, -0.2) is 135 Å². The Morgan fingerprint density at radius 2 is 1.62 bits per heavy atom. The summed E-state index contributed by atoms with van der Waals surface area (Å²) in [5, 5.41) is 5.96. The number of nitrogens with zero attached hydrogens (tertiary/aromatic N) is 3. The Kier molecular flexibility index (Phi) is 17.1. The maximum atomic E-state index is 14.3. The lowest BCUT2D eigenvalue weighted by molar-refractivity contribution is -0.149. The van der Waals surface area contributed by atoms with Crippen molar-refractivity contribution >= 4 is 29.6 Å². The summed E-state index contributed by atoms with van der Waals surface area (Å²) in [7, 11) is 8.06. The third-order valence-electron chi connectivity index (χ3n) is 12.3. The fraction of sp³-hybridized carbons (Fsp3) is 0.738. The van der Waals surface area contributed by atoms with E-state index in [-0.39, 0.29) is 54.3 Å². The predicted molar refractivity (Wildman–Crippen MR) is 212 cm³/mol. The number of ether oxygens (including phenoxy) is 3. The average molecular weight is 772 g/mol. The highest BCUT2D eigenvalue weighted by atomic mass is 16.5. The Bertz CT molecular complexity index is 1460. The van der Waals surface area contributed by atoms with Crippen molar-refractivity contribution in [3.8, 4) is 0 Å². The number of hydrogen-bond donors (Lipinski definition) is 2. The summed E-state index contributed by atoms with van der Waals surface area (Å²) in [4.78, 5) is 74.0. The number of likely N-dealkylation sites (N-methyl/N-ethyl adjacent to an activating group) is 2. The maximum Gasteiger partial charge on any atom is 0.328 e. The van der Waals surface area contributed by atoms with Crippen molar-refractivity contribution in [2.45, 2.75) is 135 Å². The lowest BCUT2D eigenvalue weighted by Gasteiger charge is -2.41. The topological polar surface area (TPSA) is 147 Å². The van der Waals surface area contributed by atoms with E-state index in [2.05, 4.69) is 10.6 Å². The van der Waals surface area contributed by atoms with Gasteiger partial charge in [-0.2, -0.15) is 0 Å². The molecule has 0 bridgehead atoms. The molecule has 55 heavy (non-hydrogen) atoms. The van der Waals surface area contributed by atoms with Crippen molar-refractivity contribution in [2.75, 3.05) is 48.5 Å². The summed E-state index contributed by atoms with van der Waals surface area (Å²) >= 11 is 0. The zero-order valence-corrected chi connectivity index (χ0v) is 35.5. The number of benzene rings is 1. The molecule has 1 aromatic rings. The molecule has 2 aliphatic rings. The fourth-order valence-electron chi connectivity index (χ4n) is 8.32. The highest BCUT2D eigenvalue weighted by Gasteiger charge is 2.45. The van der Waals surface area contributed by atoms with Gasteiger partial charge in [-0.15, -0.1) is 0 Å². The summed E-state index contributed by atoms with van der Waals surface area (Å²) in [6.07, 6.45) is 2.75. The summed E-state index contributed by atoms with van der Waals surface area (Å²) in [6.45, 7) is 14.9. The van der Waals surface area contributed by atoms with E-state index < -0.39 is 47.8 Å². The van der Waals surface area contributed by atoms with Gasteiger partial charge in [0.2, 0.25) is 23.6 Å². The van der Waals surface area contributed by atoms with Crippen LogP contribution in [0.15, 0.2) is 24.3 Å². The smallest absolute Gasteiger partial charge is 0.328 e. The second kappa shape index (κ2) is 20.6. The quantitative estimate of drug-likeness (QED) is 0.201. The predicted octanol–water partition coefficient (Wildman–Crippen LogP) is 3.74. The van der Waals surface area contributed by atoms with E-state index in [0.29, 0.717) is 13.0 Å². The van der Waals surface area contributed by atoms with Crippen molar-refractivity contribution in [2.24, 2.45) is 17.8 Å². The van der Waals surface area contributed by atoms with Crippen LogP contribution in [0.4, 0.5) is 0 Å². The van der Waals surface area contributed by atoms with E-state index in [0.717, 1.165) is 43.4 Å². The number of hydrogen-bond acceptors (Lipinski definition) is 9. The first-order valence-electron chi connectivity index (χ1n) is 20.0. The van der Waals surface area contributed by atoms with Crippen LogP contribution in [-0.2, 0) is 44.6 Å². The maximum absolute atomic E-state index is 14.3. The van der Waals surface area contributed by atoms with E-state index in [9.17, 15) is 24.0 Å². The fourth-order valence-corrected chi connectivity index (χ4v) is 8.32. The van der Waals surface area contributed by atoms with Gasteiger partial charge in [-0.3, -0.25) is 24.1 Å². The number of nitrogens with one attached hydrogen (secondary N) is 2. The molecule has 2 N–H and O–H groups in total. The second-order valence-electron chi connectivity index (χ2n) is 16.4. The Morgan fingerprint density at radius 1 is 0.964 bits per heavy atom. The van der Waals surface area contributed by atoms with Crippen molar-refractivity contribution in [1.82, 2.24) is 25.3 Å². The molecular formula is C42H69N5O8. The number of aryl methyl sites for hydroxylation is 1. The number of rotatable bonds is 19. The monoisotopic (exact) mass is 772 g/mol. The number of likely N-dealkylation sites (tertiary alicyclic amines) is 2. The molecule has 9 atom stereocenters. The molecule has 0 spiro atoms. The van der Waals surface area contributed by atoms with Crippen LogP contribution < -0.4 is 10.6 Å². The third kappa shape index (κ3) is 11.1. The van der Waals surface area contributed by atoms with Gasteiger partial charge in [-0.05, 0) is 70.5 Å². The molecule has 13 heteroatoms. The molecule has 13 nitrogen and oxygen atoms in total. The van der Waals surface area contributed by atoms with Gasteiger partial charge in [-0.1, -0.05) is 70.9 Å². The molecule has 0 radical (unpaired) electrons. The molecule has 2 saturated heterocycles. The molecule has 0 saturated carbocycles. The van der Waals surface area contributed by atoms with Gasteiger partial charge in [-0.25, -0.2) is 4.79 Å². The zero-order chi connectivity index (χ0) is 41.2. The van der Waals surface area contributed by atoms with Crippen LogP contribution in [0.25, 0.3) is 0 Å². The van der Waals surface area contributed by atoms with Crippen molar-refractivity contribution in [3.05, 3.63) is 35.4 Å². The molecule has 0 aliphatic carbocycles. The van der Waals surface area contributed by atoms with E-state index in [4.69, 9.17) is 14.2 Å². The standard InChI is InChI=1S/C42H69N5O8/c1-13-28(5)36(46(9)39(50)35(26(2)3)44-41(52)42(7)21-15-22-45(42)8)33(53-10)25-34(48)47-23-14-16-32(47)37(54-11)29(6)38(49)43-31(40(51)55-12)24-30-19-17-27(4)18-20-30/h17-20,26,28-29,31-33,35-37H,13-16,21-25H2,1-12H3,(H,43,49)(H,44,52). The molecule has 310 valence electrons. The van der Waals surface area contributed by atoms with Crippen LogP contribution >= 0.6 is 0 Å². The SMILES string of the molecule is CCC(C)C(C(CC(=O)N1CCCC1C(OC)C(C)C(=O)NC(Cc1ccc(C)cc1)C(=O)OC)OC)N(C)C(=O)C(NC(=O)C1(C)CCCN1C)C(C)C. The Morgan fingerprint density at radius 3 is 2.15 bits per heavy atom. The van der Waals surface area contributed by atoms with Crippen LogP contribution in [0.2, 0.25) is 0 Å². The first-order valence-corrected chi connectivity index (χ1v) is 20.0. The number of carbonyl (C=O) groups excluding carboxylic acids is 5. The summed E-state index contributed by atoms with van der Waals surface area (Å²) in [5.74, 6) is -2.35. The summed E-state index contributed by atoms with van der Waals surface area (Å²) in [5.41, 5.74) is 1.29. The summed E-state index contributed by atoms with van der Waals surface area (Å²) in [6, 6.07) is 5.26. The lowest BCUT2D eigenvalue weighted by atomic mass is 9.89. The molecule has 1 aromatic carbocycles. The number of carbonyl (C=O) groups is 5. The zero-order valence-electron chi connectivity index (χ0n) is 35.5. The Hall–Kier alpha value is -3.55. The van der Waals surface area contributed by atoms with Crippen LogP contribution in [0.5, 0.6) is 0 Å². The summed E-state index contributed by atoms with van der Waals surface area (Å²) < 4.78 is 17.0. The Balaban J connectivity index is 1.77. The van der Waals surface area contributed by atoms with Gasteiger partial charge >= 0.3 is 5.97 Å². The van der Waals surface area contributed by atoms with Crippen LogP contribution in [0.1, 0.15) is 91.2 Å². The number of amides is 4. The minimum absolute atomic E-state index is 0.0131. The number of methoxy groups -OCH3 is 3. The molecule has 4 amide bonds. The first kappa shape index (κ1) is 45.8. The molecule has 9 unspecified atom stereocenters. The highest BCUT2D eigenvalue weighted by molar-refractivity contribution is 5.92. The van der Waals surface area contributed by atoms with E-state index in [1.54, 1.807) is 30.9 Å². The normalized spacial score (nSPS) is 22.6. The Labute approximate surface area is 329 Å². The van der Waals surface area contributed by atoms with Crippen molar-refractivity contribution < 1.29 is 38.2 Å². The molecule has 0 aromatic heterocycles. The van der Waals surface area contributed by atoms with Gasteiger partial charge in [0.25, 0.3) is 0 Å². The molecule has 2 fully saturated rings. The highest BCUT2D eigenvalue weighted by Crippen LogP contribution is 2.31. The lowest BCUT2D eigenvalue weighted by Crippen LogP contribution is -2.61. The largest absolute Gasteiger partial charge is 0.467 e. The van der Waals surface area contributed by atoms with Gasteiger partial charge < -0.3 is 34.6 Å². The van der Waals surface area contributed by atoms with E-state index >= 15 is 0 Å². The van der Waals surface area contributed by atoms with Crippen LogP contribution in [0, 0.1) is 24.7 Å². The first-order chi connectivity index (χ1) is 25.9.